The number of benzene rings is 1. The summed E-state index contributed by atoms with van der Waals surface area (Å²) in [6.45, 7) is 7.26. The minimum absolute atomic E-state index is 0. The van der Waals surface area contributed by atoms with Crippen molar-refractivity contribution in [1.82, 2.24) is 0 Å². The fraction of sp³-hybridized carbons (Fsp3) is 0.167. The minimum atomic E-state index is -4.54. The second-order valence-corrected chi connectivity index (χ2v) is 4.63. The monoisotopic (exact) mass is 278 g/mol. The Morgan fingerprint density at radius 2 is 1.83 bits per heavy atom. The van der Waals surface area contributed by atoms with Crippen LogP contribution in [-0.2, 0) is 17.4 Å². The standard InChI is InChI=1S/C12H15O4P.Na.H/c1-3-6-10-8-5-9-12(11(10)7-4-2)16-17(13,14)15;;/h3-5,8-9H,1-2,6-7H2,(H2,13,14,15);;. The van der Waals surface area contributed by atoms with Crippen molar-refractivity contribution in [1.29, 1.82) is 0 Å². The molecule has 1 aromatic carbocycles. The van der Waals surface area contributed by atoms with E-state index in [0.29, 0.717) is 12.8 Å². The van der Waals surface area contributed by atoms with Crippen LogP contribution >= 0.6 is 7.82 Å². The fourth-order valence-electron chi connectivity index (χ4n) is 1.55. The predicted octanol–water partition coefficient (Wildman–Crippen LogP) is 1.97. The molecule has 2 N–H and O–H groups in total. The Hall–Kier alpha value is -0.350. The van der Waals surface area contributed by atoms with E-state index in [1.807, 2.05) is 6.07 Å². The normalized spacial score (nSPS) is 10.3. The third-order valence-electron chi connectivity index (χ3n) is 2.16. The van der Waals surface area contributed by atoms with Crippen molar-refractivity contribution in [2.75, 3.05) is 0 Å². The molecule has 0 atom stereocenters. The average Bonchev–Trinajstić information content (AvgIpc) is 2.21. The maximum atomic E-state index is 10.9. The summed E-state index contributed by atoms with van der Waals surface area (Å²) in [5.74, 6) is 0.192. The molecular formula is C12H16NaO4P. The van der Waals surface area contributed by atoms with E-state index in [1.54, 1.807) is 18.2 Å². The first-order valence-corrected chi connectivity index (χ1v) is 6.58. The van der Waals surface area contributed by atoms with E-state index in [4.69, 9.17) is 9.79 Å². The number of rotatable bonds is 6. The molecule has 0 heterocycles. The van der Waals surface area contributed by atoms with Gasteiger partial charge in [-0.25, -0.2) is 4.57 Å². The fourth-order valence-corrected chi connectivity index (χ4v) is 1.97. The first-order valence-electron chi connectivity index (χ1n) is 5.05. The summed E-state index contributed by atoms with van der Waals surface area (Å²) in [6, 6.07) is 5.09. The first kappa shape index (κ1) is 17.6. The molecule has 0 saturated heterocycles. The van der Waals surface area contributed by atoms with Gasteiger partial charge in [-0.1, -0.05) is 24.3 Å². The Balaban J connectivity index is 0.00000289. The van der Waals surface area contributed by atoms with Gasteiger partial charge in [0.1, 0.15) is 5.75 Å². The molecule has 0 unspecified atom stereocenters. The van der Waals surface area contributed by atoms with E-state index in [9.17, 15) is 4.57 Å². The molecule has 0 aliphatic heterocycles. The van der Waals surface area contributed by atoms with Crippen molar-refractivity contribution in [2.45, 2.75) is 12.8 Å². The van der Waals surface area contributed by atoms with E-state index in [1.165, 1.54) is 6.07 Å². The Kier molecular flexibility index (Phi) is 7.79. The Morgan fingerprint density at radius 3 is 2.33 bits per heavy atom. The van der Waals surface area contributed by atoms with E-state index >= 15 is 0 Å². The maximum absolute atomic E-state index is 10.9. The van der Waals surface area contributed by atoms with Crippen molar-refractivity contribution >= 4 is 37.4 Å². The van der Waals surface area contributed by atoms with Gasteiger partial charge in [-0.2, -0.15) is 0 Å². The second kappa shape index (κ2) is 7.95. The van der Waals surface area contributed by atoms with Crippen LogP contribution in [0.15, 0.2) is 43.5 Å². The number of allylic oxidation sites excluding steroid dienone is 2. The number of phosphoric acid groups is 1. The molecule has 0 spiro atoms. The van der Waals surface area contributed by atoms with Crippen molar-refractivity contribution < 1.29 is 18.9 Å². The van der Waals surface area contributed by atoms with Gasteiger partial charge in [0.15, 0.2) is 0 Å². The molecule has 0 radical (unpaired) electrons. The predicted molar refractivity (Wildman–Crippen MR) is 74.1 cm³/mol. The summed E-state index contributed by atoms with van der Waals surface area (Å²) < 4.78 is 15.5. The molecule has 6 heteroatoms. The summed E-state index contributed by atoms with van der Waals surface area (Å²) in [4.78, 5) is 17.7. The van der Waals surface area contributed by atoms with Crippen LogP contribution in [0.4, 0.5) is 0 Å². The molecular weight excluding hydrogens is 262 g/mol. The number of hydrogen-bond donors (Lipinski definition) is 2. The average molecular weight is 278 g/mol. The molecule has 0 aliphatic carbocycles. The third kappa shape index (κ3) is 5.53. The summed E-state index contributed by atoms with van der Waals surface area (Å²) in [7, 11) is -4.54. The van der Waals surface area contributed by atoms with E-state index in [2.05, 4.69) is 17.7 Å². The summed E-state index contributed by atoms with van der Waals surface area (Å²) in [5.41, 5.74) is 1.65. The van der Waals surface area contributed by atoms with Crippen molar-refractivity contribution in [2.24, 2.45) is 0 Å². The van der Waals surface area contributed by atoms with Crippen molar-refractivity contribution in [3.8, 4) is 5.75 Å². The van der Waals surface area contributed by atoms with Crippen LogP contribution in [0.1, 0.15) is 11.1 Å². The van der Waals surface area contributed by atoms with Crippen molar-refractivity contribution in [3.63, 3.8) is 0 Å². The zero-order chi connectivity index (χ0) is 12.9. The van der Waals surface area contributed by atoms with Gasteiger partial charge >= 0.3 is 37.4 Å². The summed E-state index contributed by atoms with van der Waals surface area (Å²) in [6.07, 6.45) is 4.48. The van der Waals surface area contributed by atoms with Crippen LogP contribution in [0.25, 0.3) is 0 Å². The van der Waals surface area contributed by atoms with Gasteiger partial charge in [0.05, 0.1) is 0 Å². The van der Waals surface area contributed by atoms with Gasteiger partial charge in [-0.3, -0.25) is 9.79 Å². The zero-order valence-electron chi connectivity index (χ0n) is 9.37. The second-order valence-electron chi connectivity index (χ2n) is 3.46. The molecule has 94 valence electrons. The summed E-state index contributed by atoms with van der Waals surface area (Å²) >= 11 is 0. The van der Waals surface area contributed by atoms with Crippen LogP contribution in [0.3, 0.4) is 0 Å². The van der Waals surface area contributed by atoms with Crippen LogP contribution < -0.4 is 4.52 Å². The molecule has 1 aromatic rings. The van der Waals surface area contributed by atoms with Gasteiger partial charge in [0, 0.05) is 5.56 Å². The summed E-state index contributed by atoms with van der Waals surface area (Å²) in [5, 5.41) is 0. The van der Waals surface area contributed by atoms with E-state index in [-0.39, 0.29) is 35.3 Å². The molecule has 1 rings (SSSR count). The van der Waals surface area contributed by atoms with Gasteiger partial charge in [-0.05, 0) is 24.5 Å². The van der Waals surface area contributed by atoms with E-state index in [0.717, 1.165) is 11.1 Å². The Labute approximate surface area is 129 Å². The van der Waals surface area contributed by atoms with Crippen LogP contribution in [0.5, 0.6) is 5.75 Å². The van der Waals surface area contributed by atoms with Crippen molar-refractivity contribution in [3.05, 3.63) is 54.6 Å². The number of phosphoric ester groups is 1. The topological polar surface area (TPSA) is 66.8 Å². The quantitative estimate of drug-likeness (QED) is 0.474. The molecule has 0 aromatic heterocycles. The van der Waals surface area contributed by atoms with Gasteiger partial charge < -0.3 is 4.52 Å². The molecule has 0 fully saturated rings. The SMILES string of the molecule is C=CCc1cccc(OP(=O)(O)O)c1CC=C.[NaH]. The molecule has 18 heavy (non-hydrogen) atoms. The van der Waals surface area contributed by atoms with Crippen LogP contribution in [0.2, 0.25) is 0 Å². The van der Waals surface area contributed by atoms with Gasteiger partial charge in [0.2, 0.25) is 0 Å². The van der Waals surface area contributed by atoms with Gasteiger partial charge in [0.25, 0.3) is 0 Å². The molecule has 0 amide bonds. The molecule has 0 aliphatic rings. The zero-order valence-corrected chi connectivity index (χ0v) is 10.3. The number of hydrogen-bond acceptors (Lipinski definition) is 2. The Morgan fingerprint density at radius 1 is 1.22 bits per heavy atom. The first-order chi connectivity index (χ1) is 7.98. The molecule has 0 bridgehead atoms. The molecule has 0 saturated carbocycles. The third-order valence-corrected chi connectivity index (χ3v) is 2.59. The molecule has 4 nitrogen and oxygen atoms in total. The Bertz CT molecular complexity index is 467. The van der Waals surface area contributed by atoms with Gasteiger partial charge in [-0.15, -0.1) is 13.2 Å². The van der Waals surface area contributed by atoms with Crippen LogP contribution in [0, 0.1) is 0 Å². The van der Waals surface area contributed by atoms with Crippen LogP contribution in [-0.4, -0.2) is 39.3 Å². The van der Waals surface area contributed by atoms with E-state index < -0.39 is 7.82 Å².